The van der Waals surface area contributed by atoms with Crippen molar-refractivity contribution in [3.63, 3.8) is 0 Å². The molecule has 0 saturated heterocycles. The fourth-order valence-corrected chi connectivity index (χ4v) is 6.38. The van der Waals surface area contributed by atoms with Crippen LogP contribution in [-0.4, -0.2) is 17.8 Å². The first kappa shape index (κ1) is 38.0. The summed E-state index contributed by atoms with van der Waals surface area (Å²) in [6, 6.07) is 20.2. The number of unbranched alkanes of at least 4 members (excludes halogenated alkanes) is 15. The molecule has 0 fully saturated rings. The van der Waals surface area contributed by atoms with Gasteiger partial charge < -0.3 is 4.74 Å². The summed E-state index contributed by atoms with van der Waals surface area (Å²) in [6.07, 6.45) is 20.4. The zero-order chi connectivity index (χ0) is 33.1. The highest BCUT2D eigenvalue weighted by molar-refractivity contribution is 8.00. The Kier molecular flexibility index (Phi) is 17.1. The normalized spacial score (nSPS) is 12.0. The molecule has 0 aliphatic rings. The summed E-state index contributed by atoms with van der Waals surface area (Å²) in [5.41, 5.74) is 2.79. The summed E-state index contributed by atoms with van der Waals surface area (Å²) in [5, 5.41) is -4.23. The van der Waals surface area contributed by atoms with Crippen LogP contribution in [0.1, 0.15) is 121 Å². The number of aryl methyl sites for hydroxylation is 1. The largest absolute Gasteiger partial charge is 0.494 e. The van der Waals surface area contributed by atoms with Gasteiger partial charge in [-0.1, -0.05) is 157 Å². The summed E-state index contributed by atoms with van der Waals surface area (Å²) in [6.45, 7) is 4.77. The summed E-state index contributed by atoms with van der Waals surface area (Å²) in [7, 11) is 0. The Morgan fingerprint density at radius 1 is 0.543 bits per heavy atom. The highest BCUT2D eigenvalue weighted by Gasteiger charge is 2.56. The molecule has 1 nitrogen and oxygen atoms in total. The smallest absolute Gasteiger partial charge is 0.360 e. The third kappa shape index (κ3) is 14.1. The standard InChI is InChI=1S/C40H54F4OS/c1-3-4-5-6-7-8-9-10-11-12-13-14-15-16-17-18-31-45-37-27-25-36(26-28-37)35-23-21-34(22-24-35)32-39(41,42)40(43,44)46-38-29-19-33(2)20-30-38/h19-30H,3-18,31-32H2,1-2H3. The molecule has 0 radical (unpaired) electrons. The van der Waals surface area contributed by atoms with Gasteiger partial charge in [0.05, 0.1) is 6.61 Å². The number of benzene rings is 3. The average Bonchev–Trinajstić information content (AvgIpc) is 3.04. The van der Waals surface area contributed by atoms with Crippen LogP contribution in [-0.2, 0) is 6.42 Å². The van der Waals surface area contributed by atoms with Crippen LogP contribution in [0.3, 0.4) is 0 Å². The van der Waals surface area contributed by atoms with E-state index in [1.807, 2.05) is 31.2 Å². The van der Waals surface area contributed by atoms with Crippen molar-refractivity contribution in [2.24, 2.45) is 0 Å². The molecule has 0 saturated carbocycles. The third-order valence-electron chi connectivity index (χ3n) is 8.53. The van der Waals surface area contributed by atoms with Crippen molar-refractivity contribution in [3.05, 3.63) is 83.9 Å². The zero-order valence-electron chi connectivity index (χ0n) is 28.0. The maximum absolute atomic E-state index is 14.6. The Balaban J connectivity index is 1.27. The fourth-order valence-electron chi connectivity index (χ4n) is 5.59. The SMILES string of the molecule is CCCCCCCCCCCCCCCCCCOc1ccc(-c2ccc(CC(F)(F)C(F)(F)Sc3ccc(C)cc3)cc2)cc1. The molecular weight excluding hydrogens is 604 g/mol. The second kappa shape index (κ2) is 20.7. The molecule has 3 rings (SSSR count). The molecule has 3 aromatic rings. The van der Waals surface area contributed by atoms with Gasteiger partial charge in [-0.25, -0.2) is 0 Å². The van der Waals surface area contributed by atoms with E-state index in [1.54, 1.807) is 24.3 Å². The van der Waals surface area contributed by atoms with E-state index in [4.69, 9.17) is 4.74 Å². The highest BCUT2D eigenvalue weighted by atomic mass is 32.2. The minimum atomic E-state index is -4.23. The lowest BCUT2D eigenvalue weighted by Gasteiger charge is -2.26. The number of rotatable bonds is 24. The maximum Gasteiger partial charge on any atom is 0.360 e. The van der Waals surface area contributed by atoms with Gasteiger partial charge >= 0.3 is 11.2 Å². The monoisotopic (exact) mass is 658 g/mol. The molecule has 0 N–H and O–H groups in total. The van der Waals surface area contributed by atoms with Crippen LogP contribution < -0.4 is 4.74 Å². The Bertz CT molecular complexity index is 1210. The number of hydrogen-bond acceptors (Lipinski definition) is 2. The maximum atomic E-state index is 14.6. The molecule has 254 valence electrons. The zero-order valence-corrected chi connectivity index (χ0v) is 28.8. The lowest BCUT2D eigenvalue weighted by atomic mass is 10.0. The predicted molar refractivity (Wildman–Crippen MR) is 188 cm³/mol. The Hall–Kier alpha value is -2.47. The molecule has 6 heteroatoms. The second-order valence-corrected chi connectivity index (χ2v) is 13.9. The van der Waals surface area contributed by atoms with Crippen LogP contribution in [0.15, 0.2) is 77.7 Å². The van der Waals surface area contributed by atoms with Gasteiger partial charge in [-0.3, -0.25) is 0 Å². The predicted octanol–water partition coefficient (Wildman–Crippen LogP) is 13.9. The molecule has 3 aromatic carbocycles. The van der Waals surface area contributed by atoms with E-state index >= 15 is 0 Å². The van der Waals surface area contributed by atoms with E-state index in [9.17, 15) is 17.6 Å². The summed E-state index contributed by atoms with van der Waals surface area (Å²) in [5.74, 6) is -3.40. The van der Waals surface area contributed by atoms with Crippen LogP contribution in [0.4, 0.5) is 17.6 Å². The summed E-state index contributed by atoms with van der Waals surface area (Å²) < 4.78 is 64.3. The molecule has 0 aliphatic heterocycles. The second-order valence-electron chi connectivity index (χ2n) is 12.7. The van der Waals surface area contributed by atoms with E-state index < -0.39 is 17.6 Å². The minimum absolute atomic E-state index is 0.0965. The lowest BCUT2D eigenvalue weighted by Crippen LogP contribution is -2.39. The molecular formula is C40H54F4OS. The Labute approximate surface area is 279 Å². The van der Waals surface area contributed by atoms with E-state index in [1.165, 1.54) is 121 Å². The number of ether oxygens (including phenoxy) is 1. The van der Waals surface area contributed by atoms with E-state index in [0.717, 1.165) is 28.9 Å². The molecule has 0 unspecified atom stereocenters. The quantitative estimate of drug-likeness (QED) is 0.0538. The number of halogens is 4. The lowest BCUT2D eigenvalue weighted by molar-refractivity contribution is -0.150. The van der Waals surface area contributed by atoms with Crippen molar-refractivity contribution in [1.82, 2.24) is 0 Å². The molecule has 0 heterocycles. The molecule has 0 spiro atoms. The van der Waals surface area contributed by atoms with E-state index in [-0.39, 0.29) is 22.2 Å². The van der Waals surface area contributed by atoms with Gasteiger partial charge in [0.2, 0.25) is 0 Å². The van der Waals surface area contributed by atoms with Crippen molar-refractivity contribution in [2.75, 3.05) is 6.61 Å². The fraction of sp³-hybridized carbons (Fsp3) is 0.550. The van der Waals surface area contributed by atoms with Crippen molar-refractivity contribution in [1.29, 1.82) is 0 Å². The molecule has 0 aromatic heterocycles. The van der Waals surface area contributed by atoms with Gasteiger partial charge in [0, 0.05) is 11.3 Å². The Morgan fingerprint density at radius 3 is 1.46 bits per heavy atom. The van der Waals surface area contributed by atoms with Gasteiger partial charge in [0.1, 0.15) is 5.75 Å². The van der Waals surface area contributed by atoms with Gasteiger partial charge in [-0.05, 0) is 66.1 Å². The van der Waals surface area contributed by atoms with Gasteiger partial charge in [-0.2, -0.15) is 17.6 Å². The number of hydrogen-bond donors (Lipinski definition) is 0. The van der Waals surface area contributed by atoms with Crippen LogP contribution in [0.5, 0.6) is 5.75 Å². The van der Waals surface area contributed by atoms with Crippen LogP contribution in [0.2, 0.25) is 0 Å². The summed E-state index contributed by atoms with van der Waals surface area (Å²) in [4.78, 5) is 0.114. The molecule has 0 aliphatic carbocycles. The molecule has 0 bridgehead atoms. The van der Waals surface area contributed by atoms with Crippen molar-refractivity contribution in [2.45, 2.75) is 139 Å². The molecule has 0 atom stereocenters. The van der Waals surface area contributed by atoms with Gasteiger partial charge in [0.25, 0.3) is 0 Å². The first-order chi connectivity index (χ1) is 22.2. The van der Waals surface area contributed by atoms with Crippen LogP contribution in [0.25, 0.3) is 11.1 Å². The van der Waals surface area contributed by atoms with Crippen molar-refractivity contribution < 1.29 is 22.3 Å². The van der Waals surface area contributed by atoms with Crippen LogP contribution in [0, 0.1) is 6.92 Å². The Morgan fingerprint density at radius 2 is 0.978 bits per heavy atom. The summed E-state index contributed by atoms with van der Waals surface area (Å²) >= 11 is -0.0965. The number of alkyl halides is 4. The molecule has 46 heavy (non-hydrogen) atoms. The third-order valence-corrected chi connectivity index (χ3v) is 9.59. The minimum Gasteiger partial charge on any atom is -0.494 e. The van der Waals surface area contributed by atoms with Crippen LogP contribution >= 0.6 is 11.8 Å². The van der Waals surface area contributed by atoms with Crippen molar-refractivity contribution in [3.8, 4) is 16.9 Å². The molecule has 0 amide bonds. The highest BCUT2D eigenvalue weighted by Crippen LogP contribution is 2.48. The number of thioether (sulfide) groups is 1. The van der Waals surface area contributed by atoms with Gasteiger partial charge in [-0.15, -0.1) is 0 Å². The van der Waals surface area contributed by atoms with E-state index in [0.29, 0.717) is 6.61 Å². The first-order valence-corrected chi connectivity index (χ1v) is 18.4. The van der Waals surface area contributed by atoms with Crippen molar-refractivity contribution >= 4 is 11.8 Å². The van der Waals surface area contributed by atoms with Gasteiger partial charge in [0.15, 0.2) is 0 Å². The van der Waals surface area contributed by atoms with E-state index in [2.05, 4.69) is 6.92 Å². The average molecular weight is 659 g/mol. The topological polar surface area (TPSA) is 9.23 Å². The first-order valence-electron chi connectivity index (χ1n) is 17.5.